The zero-order chi connectivity index (χ0) is 17.8. The Labute approximate surface area is 150 Å². The van der Waals surface area contributed by atoms with Gasteiger partial charge in [-0.3, -0.25) is 9.69 Å². The van der Waals surface area contributed by atoms with Crippen molar-refractivity contribution in [2.45, 2.75) is 25.4 Å². The molecule has 0 spiro atoms. The van der Waals surface area contributed by atoms with E-state index >= 15 is 0 Å². The van der Waals surface area contributed by atoms with Crippen molar-refractivity contribution in [3.8, 4) is 0 Å². The largest absolute Gasteiger partial charge is 0.349 e. The van der Waals surface area contributed by atoms with Crippen LogP contribution >= 0.6 is 11.6 Å². The number of likely N-dealkylation sites (tertiary alicyclic amines) is 1. The summed E-state index contributed by atoms with van der Waals surface area (Å²) in [5, 5.41) is 2.78. The van der Waals surface area contributed by atoms with Crippen molar-refractivity contribution in [2.24, 2.45) is 0 Å². The highest BCUT2D eigenvalue weighted by Gasteiger charge is 2.23. The van der Waals surface area contributed by atoms with Crippen LogP contribution in [0.1, 0.15) is 28.8 Å². The molecule has 0 aliphatic carbocycles. The number of hydrogen-bond donors (Lipinski definition) is 1. The standard InChI is InChI=1S/C19H19ClF2N2O/c20-16-11-18(22)17(21)10-15(16)19(25)23-14-6-8-24(9-7-14)12-13-4-2-1-3-5-13/h1-5,10-11,14H,6-9,12H2,(H,23,25). The maximum absolute atomic E-state index is 13.3. The van der Waals surface area contributed by atoms with Crippen LogP contribution in [0.2, 0.25) is 5.02 Å². The number of hydrogen-bond acceptors (Lipinski definition) is 2. The summed E-state index contributed by atoms with van der Waals surface area (Å²) in [5.74, 6) is -2.60. The molecule has 2 aromatic rings. The van der Waals surface area contributed by atoms with Gasteiger partial charge in [0.15, 0.2) is 11.6 Å². The van der Waals surface area contributed by atoms with Gasteiger partial charge in [0.05, 0.1) is 10.6 Å². The fourth-order valence-electron chi connectivity index (χ4n) is 3.04. The van der Waals surface area contributed by atoms with Crippen molar-refractivity contribution in [1.29, 1.82) is 0 Å². The van der Waals surface area contributed by atoms with Crippen LogP contribution in [0.25, 0.3) is 0 Å². The summed E-state index contributed by atoms with van der Waals surface area (Å²) < 4.78 is 26.4. The molecule has 3 nitrogen and oxygen atoms in total. The first-order valence-corrected chi connectivity index (χ1v) is 8.62. The van der Waals surface area contributed by atoms with Crippen molar-refractivity contribution in [3.05, 3.63) is 70.2 Å². The number of amides is 1. The molecule has 3 rings (SSSR count). The highest BCUT2D eigenvalue weighted by atomic mass is 35.5. The Morgan fingerprint density at radius 1 is 1.12 bits per heavy atom. The lowest BCUT2D eigenvalue weighted by molar-refractivity contribution is 0.0908. The number of piperidine rings is 1. The van der Waals surface area contributed by atoms with Gasteiger partial charge in [0.1, 0.15) is 0 Å². The van der Waals surface area contributed by atoms with Gasteiger partial charge in [-0.25, -0.2) is 8.78 Å². The monoisotopic (exact) mass is 364 g/mol. The molecule has 0 bridgehead atoms. The van der Waals surface area contributed by atoms with E-state index in [0.717, 1.165) is 44.6 Å². The van der Waals surface area contributed by atoms with Gasteiger partial charge >= 0.3 is 0 Å². The summed E-state index contributed by atoms with van der Waals surface area (Å²) in [7, 11) is 0. The first-order valence-electron chi connectivity index (χ1n) is 8.24. The Morgan fingerprint density at radius 2 is 1.76 bits per heavy atom. The maximum Gasteiger partial charge on any atom is 0.253 e. The molecule has 6 heteroatoms. The first-order chi connectivity index (χ1) is 12.0. The fourth-order valence-corrected chi connectivity index (χ4v) is 3.27. The van der Waals surface area contributed by atoms with Crippen LogP contribution in [0.15, 0.2) is 42.5 Å². The summed E-state index contributed by atoms with van der Waals surface area (Å²) in [6, 6.07) is 11.9. The van der Waals surface area contributed by atoms with Gasteiger partial charge in [-0.2, -0.15) is 0 Å². The Morgan fingerprint density at radius 3 is 2.44 bits per heavy atom. The maximum atomic E-state index is 13.3. The van der Waals surface area contributed by atoms with Crippen molar-refractivity contribution in [3.63, 3.8) is 0 Å². The van der Waals surface area contributed by atoms with E-state index in [-0.39, 0.29) is 16.6 Å². The van der Waals surface area contributed by atoms with Crippen molar-refractivity contribution in [2.75, 3.05) is 13.1 Å². The Balaban J connectivity index is 1.54. The molecule has 1 aliphatic heterocycles. The fraction of sp³-hybridized carbons (Fsp3) is 0.316. The third kappa shape index (κ3) is 4.55. The van der Waals surface area contributed by atoms with Gasteiger partial charge in [-0.05, 0) is 30.5 Å². The van der Waals surface area contributed by atoms with Crippen LogP contribution < -0.4 is 5.32 Å². The predicted octanol–water partition coefficient (Wildman–Crippen LogP) is 4.01. The quantitative estimate of drug-likeness (QED) is 0.831. The molecule has 1 heterocycles. The third-order valence-electron chi connectivity index (χ3n) is 4.43. The third-order valence-corrected chi connectivity index (χ3v) is 4.74. The predicted molar refractivity (Wildman–Crippen MR) is 93.6 cm³/mol. The SMILES string of the molecule is O=C(NC1CCN(Cc2ccccc2)CC1)c1cc(F)c(F)cc1Cl. The van der Waals surface area contributed by atoms with Crippen molar-refractivity contribution >= 4 is 17.5 Å². The van der Waals surface area contributed by atoms with E-state index in [0.29, 0.717) is 0 Å². The summed E-state index contributed by atoms with van der Waals surface area (Å²) in [4.78, 5) is 14.6. The minimum Gasteiger partial charge on any atom is -0.349 e. The number of carbonyl (C=O) groups excluding carboxylic acids is 1. The summed E-state index contributed by atoms with van der Waals surface area (Å²) in [5.41, 5.74) is 1.23. The number of nitrogens with one attached hydrogen (secondary N) is 1. The second-order valence-corrected chi connectivity index (χ2v) is 6.66. The lowest BCUT2D eigenvalue weighted by atomic mass is 10.0. The van der Waals surface area contributed by atoms with Gasteiger partial charge < -0.3 is 5.32 Å². The Hall–Kier alpha value is -1.98. The van der Waals surface area contributed by atoms with Gasteiger partial charge in [-0.15, -0.1) is 0 Å². The molecule has 132 valence electrons. The molecule has 0 radical (unpaired) electrons. The van der Waals surface area contributed by atoms with Crippen molar-refractivity contribution < 1.29 is 13.6 Å². The normalized spacial score (nSPS) is 16.0. The highest BCUT2D eigenvalue weighted by Crippen LogP contribution is 2.21. The molecule has 1 fully saturated rings. The number of benzene rings is 2. The van der Waals surface area contributed by atoms with Gasteiger partial charge in [-0.1, -0.05) is 41.9 Å². The summed E-state index contributed by atoms with van der Waals surface area (Å²) in [6.07, 6.45) is 1.61. The minimum atomic E-state index is -1.08. The minimum absolute atomic E-state index is 0.00343. The average molecular weight is 365 g/mol. The number of carbonyl (C=O) groups is 1. The van der Waals surface area contributed by atoms with E-state index in [1.54, 1.807) is 0 Å². The Kier molecular flexibility index (Phi) is 5.66. The van der Waals surface area contributed by atoms with Gasteiger partial charge in [0.2, 0.25) is 0 Å². The van der Waals surface area contributed by atoms with E-state index in [1.807, 2.05) is 18.2 Å². The zero-order valence-electron chi connectivity index (χ0n) is 13.6. The molecule has 2 aromatic carbocycles. The molecule has 1 N–H and O–H groups in total. The van der Waals surface area contributed by atoms with E-state index in [1.165, 1.54) is 5.56 Å². The van der Waals surface area contributed by atoms with E-state index in [4.69, 9.17) is 11.6 Å². The molecule has 1 saturated heterocycles. The van der Waals surface area contributed by atoms with Crippen LogP contribution in [0.4, 0.5) is 8.78 Å². The van der Waals surface area contributed by atoms with Crippen LogP contribution in [0.3, 0.4) is 0 Å². The average Bonchev–Trinajstić information content (AvgIpc) is 2.60. The highest BCUT2D eigenvalue weighted by molar-refractivity contribution is 6.33. The van der Waals surface area contributed by atoms with Crippen LogP contribution in [-0.2, 0) is 6.54 Å². The molecule has 25 heavy (non-hydrogen) atoms. The Bertz CT molecular complexity index is 747. The molecule has 0 saturated carbocycles. The molecular weight excluding hydrogens is 346 g/mol. The van der Waals surface area contributed by atoms with Gasteiger partial charge in [0.25, 0.3) is 5.91 Å². The van der Waals surface area contributed by atoms with Crippen molar-refractivity contribution in [1.82, 2.24) is 10.2 Å². The molecule has 1 amide bonds. The second-order valence-electron chi connectivity index (χ2n) is 6.26. The lowest BCUT2D eigenvalue weighted by Crippen LogP contribution is -2.44. The smallest absolute Gasteiger partial charge is 0.253 e. The lowest BCUT2D eigenvalue weighted by Gasteiger charge is -2.32. The number of nitrogens with zero attached hydrogens (tertiary/aromatic N) is 1. The van der Waals surface area contributed by atoms with E-state index in [2.05, 4.69) is 22.3 Å². The summed E-state index contributed by atoms with van der Waals surface area (Å²) >= 11 is 5.85. The zero-order valence-corrected chi connectivity index (χ0v) is 14.4. The molecule has 1 aliphatic rings. The van der Waals surface area contributed by atoms with Crippen LogP contribution in [-0.4, -0.2) is 29.9 Å². The number of halogens is 3. The molecular formula is C19H19ClF2N2O. The first kappa shape index (κ1) is 17.8. The van der Waals surface area contributed by atoms with Crippen LogP contribution in [0, 0.1) is 11.6 Å². The summed E-state index contributed by atoms with van der Waals surface area (Å²) in [6.45, 7) is 2.62. The molecule has 0 unspecified atom stereocenters. The number of rotatable bonds is 4. The van der Waals surface area contributed by atoms with Gasteiger partial charge in [0, 0.05) is 25.7 Å². The van der Waals surface area contributed by atoms with E-state index in [9.17, 15) is 13.6 Å². The van der Waals surface area contributed by atoms with Crippen LogP contribution in [0.5, 0.6) is 0 Å². The molecule has 0 aromatic heterocycles. The topological polar surface area (TPSA) is 32.3 Å². The van der Waals surface area contributed by atoms with E-state index < -0.39 is 17.5 Å². The molecule has 0 atom stereocenters. The second kappa shape index (κ2) is 7.93.